The predicted molar refractivity (Wildman–Crippen MR) is 101 cm³/mol. The minimum atomic E-state index is 0.106. The highest BCUT2D eigenvalue weighted by Gasteiger charge is 2.28. The lowest BCUT2D eigenvalue weighted by atomic mass is 9.91. The maximum absolute atomic E-state index is 12.5. The van der Waals surface area contributed by atoms with Crippen LogP contribution < -0.4 is 0 Å². The molecule has 0 spiro atoms. The number of piperidine rings is 1. The Morgan fingerprint density at radius 3 is 2.89 bits per heavy atom. The number of aromatic amines is 1. The number of carbonyl (C=O) groups is 1. The summed E-state index contributed by atoms with van der Waals surface area (Å²) in [5.41, 5.74) is 3.68. The highest BCUT2D eigenvalue weighted by Crippen LogP contribution is 2.32. The molecule has 3 aromatic rings. The standard InChI is InChI=1S/C20H23N5O2/c26-20-16-13-21-22-17(16)7-10-25(20)12-11-24-8-5-14(6-9-24)19-15-3-1-2-4-18(15)27-23-19/h1-4,13-14H,5-12H2,(H,21,22). The lowest BCUT2D eigenvalue weighted by Gasteiger charge is -2.34. The summed E-state index contributed by atoms with van der Waals surface area (Å²) in [5.74, 6) is 0.559. The van der Waals surface area contributed by atoms with Crippen LogP contribution in [0.15, 0.2) is 35.0 Å². The van der Waals surface area contributed by atoms with Gasteiger partial charge in [0.25, 0.3) is 5.91 Å². The molecule has 0 aliphatic carbocycles. The molecule has 2 aliphatic rings. The number of rotatable bonds is 4. The summed E-state index contributed by atoms with van der Waals surface area (Å²) in [4.78, 5) is 16.9. The fraction of sp³-hybridized carbons (Fsp3) is 0.450. The summed E-state index contributed by atoms with van der Waals surface area (Å²) < 4.78 is 5.47. The molecule has 2 aromatic heterocycles. The van der Waals surface area contributed by atoms with Crippen LogP contribution in [0, 0.1) is 0 Å². The second-order valence-corrected chi connectivity index (χ2v) is 7.48. The van der Waals surface area contributed by atoms with Crippen LogP contribution in [0.25, 0.3) is 11.0 Å². The third-order valence-corrected chi connectivity index (χ3v) is 5.93. The van der Waals surface area contributed by atoms with Crippen molar-refractivity contribution >= 4 is 16.9 Å². The number of nitrogens with zero attached hydrogens (tertiary/aromatic N) is 4. The summed E-state index contributed by atoms with van der Waals surface area (Å²) >= 11 is 0. The normalized spacial score (nSPS) is 19.0. The molecule has 140 valence electrons. The molecule has 1 aromatic carbocycles. The minimum Gasteiger partial charge on any atom is -0.356 e. The highest BCUT2D eigenvalue weighted by atomic mass is 16.5. The van der Waals surface area contributed by atoms with Crippen molar-refractivity contribution < 1.29 is 9.32 Å². The SMILES string of the molecule is O=C1c2cn[nH]c2CCN1CCN1CCC(c2noc3ccccc23)CC1. The first kappa shape index (κ1) is 16.5. The van der Waals surface area contributed by atoms with Gasteiger partial charge >= 0.3 is 0 Å². The number of carbonyl (C=O) groups excluding carboxylic acids is 1. The van der Waals surface area contributed by atoms with Gasteiger partial charge in [0.2, 0.25) is 0 Å². The molecule has 0 unspecified atom stereocenters. The zero-order valence-electron chi connectivity index (χ0n) is 15.2. The van der Waals surface area contributed by atoms with Gasteiger partial charge in [-0.3, -0.25) is 9.89 Å². The number of hydrogen-bond donors (Lipinski definition) is 1. The van der Waals surface area contributed by atoms with Crippen LogP contribution in [-0.2, 0) is 6.42 Å². The van der Waals surface area contributed by atoms with Crippen molar-refractivity contribution in [1.29, 1.82) is 0 Å². The van der Waals surface area contributed by atoms with Crippen molar-refractivity contribution in [1.82, 2.24) is 25.2 Å². The lowest BCUT2D eigenvalue weighted by Crippen LogP contribution is -2.44. The summed E-state index contributed by atoms with van der Waals surface area (Å²) in [5, 5.41) is 12.4. The Morgan fingerprint density at radius 2 is 2.00 bits per heavy atom. The van der Waals surface area contributed by atoms with E-state index in [9.17, 15) is 4.79 Å². The van der Waals surface area contributed by atoms with E-state index in [1.165, 1.54) is 0 Å². The number of likely N-dealkylation sites (tertiary alicyclic amines) is 1. The predicted octanol–water partition coefficient (Wildman–Crippen LogP) is 2.43. The molecule has 0 radical (unpaired) electrons. The van der Waals surface area contributed by atoms with Crippen molar-refractivity contribution in [3.05, 3.63) is 47.4 Å². The van der Waals surface area contributed by atoms with E-state index >= 15 is 0 Å². The topological polar surface area (TPSA) is 78.3 Å². The van der Waals surface area contributed by atoms with Gasteiger partial charge in [-0.25, -0.2) is 0 Å². The molecule has 1 N–H and O–H groups in total. The van der Waals surface area contributed by atoms with E-state index < -0.39 is 0 Å². The first-order valence-corrected chi connectivity index (χ1v) is 9.68. The molecular formula is C20H23N5O2. The van der Waals surface area contributed by atoms with Gasteiger partial charge in [0.05, 0.1) is 17.5 Å². The molecule has 2 aliphatic heterocycles. The van der Waals surface area contributed by atoms with Crippen LogP contribution in [0.5, 0.6) is 0 Å². The number of para-hydroxylation sites is 1. The summed E-state index contributed by atoms with van der Waals surface area (Å²) in [6, 6.07) is 8.09. The van der Waals surface area contributed by atoms with E-state index in [1.54, 1.807) is 6.20 Å². The molecule has 27 heavy (non-hydrogen) atoms. The van der Waals surface area contributed by atoms with E-state index in [0.29, 0.717) is 5.92 Å². The smallest absolute Gasteiger partial charge is 0.257 e. The Balaban J connectivity index is 1.17. The summed E-state index contributed by atoms with van der Waals surface area (Å²) in [6.07, 6.45) is 4.67. The van der Waals surface area contributed by atoms with Gasteiger partial charge in [-0.2, -0.15) is 5.10 Å². The van der Waals surface area contributed by atoms with E-state index in [-0.39, 0.29) is 5.91 Å². The molecule has 1 amide bonds. The molecule has 0 atom stereocenters. The van der Waals surface area contributed by atoms with Crippen molar-refractivity contribution in [3.63, 3.8) is 0 Å². The fourth-order valence-electron chi connectivity index (χ4n) is 4.31. The first-order chi connectivity index (χ1) is 13.3. The molecule has 0 bridgehead atoms. The quantitative estimate of drug-likeness (QED) is 0.768. The Kier molecular flexibility index (Phi) is 4.16. The molecule has 7 heteroatoms. The minimum absolute atomic E-state index is 0.106. The van der Waals surface area contributed by atoms with E-state index in [2.05, 4.69) is 26.3 Å². The molecule has 1 fully saturated rings. The largest absolute Gasteiger partial charge is 0.356 e. The Bertz CT molecular complexity index is 954. The van der Waals surface area contributed by atoms with E-state index in [1.807, 2.05) is 23.1 Å². The number of amides is 1. The Morgan fingerprint density at radius 1 is 1.15 bits per heavy atom. The molecule has 0 saturated carbocycles. The van der Waals surface area contributed by atoms with Crippen LogP contribution in [0.4, 0.5) is 0 Å². The summed E-state index contributed by atoms with van der Waals surface area (Å²) in [6.45, 7) is 4.54. The molecular weight excluding hydrogens is 342 g/mol. The maximum Gasteiger partial charge on any atom is 0.257 e. The first-order valence-electron chi connectivity index (χ1n) is 9.68. The van der Waals surface area contributed by atoms with Crippen molar-refractivity contribution in [2.45, 2.75) is 25.2 Å². The number of H-pyrrole nitrogens is 1. The highest BCUT2D eigenvalue weighted by molar-refractivity contribution is 5.96. The lowest BCUT2D eigenvalue weighted by molar-refractivity contribution is 0.0710. The van der Waals surface area contributed by atoms with Gasteiger partial charge in [0.1, 0.15) is 0 Å². The van der Waals surface area contributed by atoms with Crippen molar-refractivity contribution in [3.8, 4) is 0 Å². The molecule has 4 heterocycles. The van der Waals surface area contributed by atoms with Gasteiger partial charge in [-0.15, -0.1) is 0 Å². The monoisotopic (exact) mass is 365 g/mol. The molecule has 5 rings (SSSR count). The number of fused-ring (bicyclic) bond motifs is 2. The summed E-state index contributed by atoms with van der Waals surface area (Å²) in [7, 11) is 0. The second kappa shape index (κ2) is 6.81. The number of benzene rings is 1. The van der Waals surface area contributed by atoms with Crippen LogP contribution in [-0.4, -0.2) is 63.8 Å². The Labute approximate surface area is 157 Å². The van der Waals surface area contributed by atoms with Crippen LogP contribution in [0.3, 0.4) is 0 Å². The van der Waals surface area contributed by atoms with Gasteiger partial charge in [-0.05, 0) is 38.1 Å². The molecule has 1 saturated heterocycles. The van der Waals surface area contributed by atoms with Gasteiger partial charge in [0.15, 0.2) is 5.58 Å². The van der Waals surface area contributed by atoms with E-state index in [0.717, 1.165) is 79.9 Å². The van der Waals surface area contributed by atoms with Gasteiger partial charge in [-0.1, -0.05) is 17.3 Å². The zero-order chi connectivity index (χ0) is 18.2. The number of hydrogen-bond acceptors (Lipinski definition) is 5. The Hall–Kier alpha value is -2.67. The van der Waals surface area contributed by atoms with Crippen molar-refractivity contribution in [2.75, 3.05) is 32.7 Å². The van der Waals surface area contributed by atoms with Crippen LogP contribution in [0.1, 0.15) is 40.5 Å². The van der Waals surface area contributed by atoms with E-state index in [4.69, 9.17) is 4.52 Å². The average Bonchev–Trinajstić information content (AvgIpc) is 3.35. The van der Waals surface area contributed by atoms with Gasteiger partial charge in [0, 0.05) is 43.1 Å². The average molecular weight is 365 g/mol. The third-order valence-electron chi connectivity index (χ3n) is 5.93. The van der Waals surface area contributed by atoms with Crippen LogP contribution >= 0.6 is 0 Å². The van der Waals surface area contributed by atoms with Crippen molar-refractivity contribution in [2.24, 2.45) is 0 Å². The fourth-order valence-corrected chi connectivity index (χ4v) is 4.31. The number of aromatic nitrogens is 3. The zero-order valence-corrected chi connectivity index (χ0v) is 15.2. The van der Waals surface area contributed by atoms with Crippen LogP contribution in [0.2, 0.25) is 0 Å². The van der Waals surface area contributed by atoms with Gasteiger partial charge < -0.3 is 14.3 Å². The molecule has 7 nitrogen and oxygen atoms in total. The number of nitrogens with one attached hydrogen (secondary N) is 1. The second-order valence-electron chi connectivity index (χ2n) is 7.48. The maximum atomic E-state index is 12.5. The third kappa shape index (κ3) is 3.02.